The maximum absolute atomic E-state index is 12.1. The van der Waals surface area contributed by atoms with Gasteiger partial charge in [-0.3, -0.25) is 4.79 Å². The third kappa shape index (κ3) is 4.93. The smallest absolute Gasteiger partial charge is 0.224 e. The van der Waals surface area contributed by atoms with Crippen LogP contribution < -0.4 is 20.1 Å². The molecule has 1 fully saturated rings. The topological polar surface area (TPSA) is 72.5 Å². The molecular weight excluding hydrogens is 318 g/mol. The van der Waals surface area contributed by atoms with Crippen LogP contribution in [0.1, 0.15) is 18.9 Å². The molecule has 1 aromatic heterocycles. The number of benzene rings is 1. The lowest BCUT2D eigenvalue weighted by molar-refractivity contribution is -0.124. The van der Waals surface area contributed by atoms with Crippen molar-refractivity contribution in [1.29, 1.82) is 0 Å². The van der Waals surface area contributed by atoms with E-state index in [2.05, 4.69) is 15.6 Å². The first-order chi connectivity index (χ1) is 12.2. The van der Waals surface area contributed by atoms with Gasteiger partial charge in [-0.15, -0.1) is 0 Å². The second-order valence-corrected chi connectivity index (χ2v) is 5.92. The first-order valence-electron chi connectivity index (χ1n) is 8.58. The van der Waals surface area contributed by atoms with E-state index in [1.165, 1.54) is 0 Å². The van der Waals surface area contributed by atoms with Gasteiger partial charge in [0.1, 0.15) is 11.5 Å². The van der Waals surface area contributed by atoms with Gasteiger partial charge in [0, 0.05) is 25.4 Å². The molecule has 1 saturated heterocycles. The normalized spacial score (nSPS) is 16.4. The second-order valence-electron chi connectivity index (χ2n) is 5.92. The highest BCUT2D eigenvalue weighted by atomic mass is 16.5. The zero-order valence-corrected chi connectivity index (χ0v) is 14.3. The molecule has 1 aromatic carbocycles. The summed E-state index contributed by atoms with van der Waals surface area (Å²) in [5.41, 5.74) is 0.954. The number of nitrogens with one attached hydrogen (secondary N) is 2. The Morgan fingerprint density at radius 3 is 2.80 bits per heavy atom. The Morgan fingerprint density at radius 2 is 2.08 bits per heavy atom. The molecular formula is C19H23N3O3. The van der Waals surface area contributed by atoms with Crippen molar-refractivity contribution in [3.05, 3.63) is 48.2 Å². The Balaban J connectivity index is 1.56. The first kappa shape index (κ1) is 17.2. The van der Waals surface area contributed by atoms with Crippen LogP contribution in [0.25, 0.3) is 0 Å². The van der Waals surface area contributed by atoms with Gasteiger partial charge in [0.15, 0.2) is 0 Å². The van der Waals surface area contributed by atoms with Crippen molar-refractivity contribution in [1.82, 2.24) is 15.6 Å². The molecule has 0 radical (unpaired) electrons. The highest BCUT2D eigenvalue weighted by Crippen LogP contribution is 2.23. The Morgan fingerprint density at radius 1 is 1.28 bits per heavy atom. The fourth-order valence-electron chi connectivity index (χ4n) is 2.72. The Bertz CT molecular complexity index is 697. The van der Waals surface area contributed by atoms with Crippen molar-refractivity contribution >= 4 is 5.91 Å². The summed E-state index contributed by atoms with van der Waals surface area (Å²) < 4.78 is 11.2. The summed E-state index contributed by atoms with van der Waals surface area (Å²) in [6, 6.07) is 11.1. The summed E-state index contributed by atoms with van der Waals surface area (Å²) in [5, 5.41) is 6.17. The number of carbonyl (C=O) groups is 1. The first-order valence-corrected chi connectivity index (χ1v) is 8.58. The summed E-state index contributed by atoms with van der Waals surface area (Å²) >= 11 is 0. The highest BCUT2D eigenvalue weighted by molar-refractivity contribution is 5.79. The van der Waals surface area contributed by atoms with E-state index >= 15 is 0 Å². The van der Waals surface area contributed by atoms with Crippen LogP contribution in [-0.4, -0.2) is 30.6 Å². The maximum atomic E-state index is 12.1. The lowest BCUT2D eigenvalue weighted by Crippen LogP contribution is -2.31. The number of hydrogen-bond donors (Lipinski definition) is 2. The summed E-state index contributed by atoms with van der Waals surface area (Å²) in [6.07, 6.45) is 2.58. The minimum Gasteiger partial charge on any atom is -0.494 e. The molecule has 2 N–H and O–H groups in total. The van der Waals surface area contributed by atoms with E-state index in [0.717, 1.165) is 30.8 Å². The Kier molecular flexibility index (Phi) is 5.85. The molecule has 1 atom stereocenters. The van der Waals surface area contributed by atoms with E-state index in [1.807, 2.05) is 43.3 Å². The molecule has 2 heterocycles. The number of rotatable bonds is 7. The van der Waals surface area contributed by atoms with E-state index < -0.39 is 0 Å². The van der Waals surface area contributed by atoms with E-state index in [9.17, 15) is 4.79 Å². The monoisotopic (exact) mass is 341 g/mol. The van der Waals surface area contributed by atoms with Crippen molar-refractivity contribution in [2.24, 2.45) is 5.92 Å². The minimum absolute atomic E-state index is 0.0708. The molecule has 6 heteroatoms. The minimum atomic E-state index is 0.0708. The van der Waals surface area contributed by atoms with Crippen molar-refractivity contribution < 1.29 is 14.3 Å². The van der Waals surface area contributed by atoms with Gasteiger partial charge in [0.05, 0.1) is 12.5 Å². The van der Waals surface area contributed by atoms with Gasteiger partial charge in [-0.05, 0) is 55.8 Å². The standard InChI is InChI=1S/C19H23N3O3/c1-2-24-16-3-5-17(6-4-16)25-18-11-14(7-10-21-18)12-22-19(23)15-8-9-20-13-15/h3-7,10-11,15,20H,2,8-9,12-13H2,1H3,(H,22,23). The number of aromatic nitrogens is 1. The molecule has 0 aliphatic carbocycles. The van der Waals surface area contributed by atoms with Crippen LogP contribution in [0.2, 0.25) is 0 Å². The van der Waals surface area contributed by atoms with Crippen molar-refractivity contribution in [3.63, 3.8) is 0 Å². The Hall–Kier alpha value is -2.60. The SMILES string of the molecule is CCOc1ccc(Oc2cc(CNC(=O)C3CCNC3)ccn2)cc1. The molecule has 3 rings (SSSR count). The van der Waals surface area contributed by atoms with Crippen LogP contribution >= 0.6 is 0 Å². The maximum Gasteiger partial charge on any atom is 0.224 e. The molecule has 25 heavy (non-hydrogen) atoms. The average Bonchev–Trinajstić information content (AvgIpc) is 3.17. The summed E-state index contributed by atoms with van der Waals surface area (Å²) in [7, 11) is 0. The number of pyridine rings is 1. The van der Waals surface area contributed by atoms with E-state index in [-0.39, 0.29) is 11.8 Å². The van der Waals surface area contributed by atoms with Gasteiger partial charge < -0.3 is 20.1 Å². The van der Waals surface area contributed by atoms with Crippen LogP contribution in [0.5, 0.6) is 17.4 Å². The summed E-state index contributed by atoms with van der Waals surface area (Å²) in [6.45, 7) is 4.72. The Labute approximate surface area is 147 Å². The molecule has 1 amide bonds. The zero-order chi connectivity index (χ0) is 17.5. The van der Waals surface area contributed by atoms with Gasteiger partial charge in [-0.25, -0.2) is 4.98 Å². The van der Waals surface area contributed by atoms with E-state index in [0.29, 0.717) is 24.8 Å². The predicted molar refractivity (Wildman–Crippen MR) is 94.7 cm³/mol. The average molecular weight is 341 g/mol. The van der Waals surface area contributed by atoms with Crippen molar-refractivity contribution in [3.8, 4) is 17.4 Å². The molecule has 0 bridgehead atoms. The number of nitrogens with zero attached hydrogens (tertiary/aromatic N) is 1. The van der Waals surface area contributed by atoms with Gasteiger partial charge in [0.2, 0.25) is 11.8 Å². The van der Waals surface area contributed by atoms with Crippen molar-refractivity contribution in [2.45, 2.75) is 19.9 Å². The lowest BCUT2D eigenvalue weighted by atomic mass is 10.1. The van der Waals surface area contributed by atoms with Gasteiger partial charge >= 0.3 is 0 Å². The quantitative estimate of drug-likeness (QED) is 0.809. The van der Waals surface area contributed by atoms with E-state index in [4.69, 9.17) is 9.47 Å². The van der Waals surface area contributed by atoms with Crippen LogP contribution in [0.3, 0.4) is 0 Å². The van der Waals surface area contributed by atoms with Crippen molar-refractivity contribution in [2.75, 3.05) is 19.7 Å². The van der Waals surface area contributed by atoms with Gasteiger partial charge in [0.25, 0.3) is 0 Å². The number of carbonyl (C=O) groups excluding carboxylic acids is 1. The summed E-state index contributed by atoms with van der Waals surface area (Å²) in [5.74, 6) is 2.16. The van der Waals surface area contributed by atoms with Crippen LogP contribution in [-0.2, 0) is 11.3 Å². The predicted octanol–water partition coefficient (Wildman–Crippen LogP) is 2.50. The van der Waals surface area contributed by atoms with E-state index in [1.54, 1.807) is 6.20 Å². The fraction of sp³-hybridized carbons (Fsp3) is 0.368. The molecule has 132 valence electrons. The second kappa shape index (κ2) is 8.48. The van der Waals surface area contributed by atoms with Gasteiger partial charge in [-0.2, -0.15) is 0 Å². The molecule has 2 aromatic rings. The molecule has 1 aliphatic rings. The molecule has 6 nitrogen and oxygen atoms in total. The molecule has 0 saturated carbocycles. The van der Waals surface area contributed by atoms with Crippen LogP contribution in [0, 0.1) is 5.92 Å². The fourth-order valence-corrected chi connectivity index (χ4v) is 2.72. The third-order valence-corrected chi connectivity index (χ3v) is 4.05. The zero-order valence-electron chi connectivity index (χ0n) is 14.3. The van der Waals surface area contributed by atoms with Crippen LogP contribution in [0.15, 0.2) is 42.6 Å². The van der Waals surface area contributed by atoms with Crippen LogP contribution in [0.4, 0.5) is 0 Å². The third-order valence-electron chi connectivity index (χ3n) is 4.05. The molecule has 1 aliphatic heterocycles. The summed E-state index contributed by atoms with van der Waals surface area (Å²) in [4.78, 5) is 16.3. The number of hydrogen-bond acceptors (Lipinski definition) is 5. The largest absolute Gasteiger partial charge is 0.494 e. The number of ether oxygens (including phenoxy) is 2. The highest BCUT2D eigenvalue weighted by Gasteiger charge is 2.21. The molecule has 1 unspecified atom stereocenters. The number of amides is 1. The lowest BCUT2D eigenvalue weighted by Gasteiger charge is -2.11. The molecule has 0 spiro atoms. The van der Waals surface area contributed by atoms with Gasteiger partial charge in [-0.1, -0.05) is 0 Å².